The van der Waals surface area contributed by atoms with E-state index in [1.165, 1.54) is 0 Å². The second-order valence-electron chi connectivity index (χ2n) is 7.43. The Morgan fingerprint density at radius 3 is 0.814 bits per heavy atom. The number of nitrogens with zero attached hydrogens (tertiary/aromatic N) is 8. The molecule has 0 saturated carbocycles. The van der Waals surface area contributed by atoms with Gasteiger partial charge in [-0.15, -0.1) is 10.2 Å². The summed E-state index contributed by atoms with van der Waals surface area (Å²) in [5.41, 5.74) is -11.1. The van der Waals surface area contributed by atoms with Gasteiger partial charge in [0.25, 0.3) is 34.8 Å². The van der Waals surface area contributed by atoms with E-state index in [1.54, 1.807) is 0 Å². The van der Waals surface area contributed by atoms with E-state index in [4.69, 9.17) is 23.4 Å². The molecule has 0 amide bonds. The Bertz CT molecular complexity index is 1540. The molecule has 0 bridgehead atoms. The van der Waals surface area contributed by atoms with E-state index in [1.807, 2.05) is 0 Å². The average Bonchev–Trinajstić information content (AvgIpc) is 3.42. The van der Waals surface area contributed by atoms with Gasteiger partial charge in [-0.1, -0.05) is 0 Å². The SMILES string of the molecule is COc1c([N+](=O)[O-])c(OC)c([N+](=O)[O-])c(-c2nnc(-c3c([N+](=O)[O-])c(OC)c([N+](=O)[O-])c(OC)c3[N+](=O)[O-])o2)c1[N+](=O)[O-]. The number of methoxy groups -OCH3 is 4. The Morgan fingerprint density at radius 1 is 0.442 bits per heavy atom. The van der Waals surface area contributed by atoms with Gasteiger partial charge in [-0.3, -0.25) is 60.7 Å². The second kappa shape index (κ2) is 11.3. The molecule has 0 aliphatic rings. The molecule has 0 N–H and O–H groups in total. The van der Waals surface area contributed by atoms with Gasteiger partial charge < -0.3 is 23.4 Å². The summed E-state index contributed by atoms with van der Waals surface area (Å²) in [4.78, 5) is 63.6. The normalized spacial score (nSPS) is 10.5. The van der Waals surface area contributed by atoms with Crippen LogP contribution in [-0.4, -0.2) is 68.2 Å². The van der Waals surface area contributed by atoms with Gasteiger partial charge in [0, 0.05) is 0 Å². The van der Waals surface area contributed by atoms with E-state index in [2.05, 4.69) is 10.2 Å². The highest BCUT2D eigenvalue weighted by atomic mass is 16.7. The van der Waals surface area contributed by atoms with Crippen molar-refractivity contribution in [1.82, 2.24) is 10.2 Å². The second-order valence-corrected chi connectivity index (χ2v) is 7.43. The van der Waals surface area contributed by atoms with Crippen LogP contribution in [0.15, 0.2) is 4.42 Å². The molecular formula is C18H12N8O17. The van der Waals surface area contributed by atoms with Gasteiger partial charge in [-0.25, -0.2) is 0 Å². The van der Waals surface area contributed by atoms with Crippen LogP contribution in [0.2, 0.25) is 0 Å². The third kappa shape index (κ3) is 4.76. The van der Waals surface area contributed by atoms with Gasteiger partial charge in [0.1, 0.15) is 0 Å². The van der Waals surface area contributed by atoms with E-state index in [-0.39, 0.29) is 0 Å². The highest BCUT2D eigenvalue weighted by Crippen LogP contribution is 2.58. The van der Waals surface area contributed by atoms with Crippen molar-refractivity contribution in [2.24, 2.45) is 0 Å². The first-order valence-electron chi connectivity index (χ1n) is 10.5. The number of rotatable bonds is 12. The Hall–Kier alpha value is -6.82. The van der Waals surface area contributed by atoms with Crippen LogP contribution in [0.4, 0.5) is 34.1 Å². The molecule has 0 aliphatic heterocycles. The van der Waals surface area contributed by atoms with Crippen molar-refractivity contribution in [3.8, 4) is 45.9 Å². The lowest BCUT2D eigenvalue weighted by atomic mass is 10.1. The zero-order chi connectivity index (χ0) is 32.5. The maximum Gasteiger partial charge on any atom is 0.367 e. The summed E-state index contributed by atoms with van der Waals surface area (Å²) in [5, 5.41) is 78.3. The van der Waals surface area contributed by atoms with Crippen molar-refractivity contribution in [2.45, 2.75) is 0 Å². The minimum atomic E-state index is -1.47. The molecule has 3 aromatic rings. The quantitative estimate of drug-likeness (QED) is 0.209. The van der Waals surface area contributed by atoms with Gasteiger partial charge in [0.2, 0.25) is 11.1 Å². The molecule has 0 unspecified atom stereocenters. The summed E-state index contributed by atoms with van der Waals surface area (Å²) in [6, 6.07) is 0. The number of nitro benzene ring substituents is 6. The molecule has 25 nitrogen and oxygen atoms in total. The number of benzene rings is 2. The van der Waals surface area contributed by atoms with Crippen molar-refractivity contribution in [3.05, 3.63) is 60.7 Å². The molecule has 3 rings (SSSR count). The summed E-state index contributed by atoms with van der Waals surface area (Å²) in [5.74, 6) is -7.18. The van der Waals surface area contributed by atoms with Crippen LogP contribution < -0.4 is 18.9 Å². The van der Waals surface area contributed by atoms with Crippen LogP contribution in [0.5, 0.6) is 23.0 Å². The number of ether oxygens (including phenoxy) is 4. The summed E-state index contributed by atoms with van der Waals surface area (Å²) < 4.78 is 24.3. The fourth-order valence-electron chi connectivity index (χ4n) is 3.97. The van der Waals surface area contributed by atoms with Gasteiger partial charge in [-0.2, -0.15) is 0 Å². The predicted octanol–water partition coefficient (Wildman–Crippen LogP) is 2.89. The van der Waals surface area contributed by atoms with E-state index < -0.39 is 110 Å². The number of nitro groups is 6. The maximum atomic E-state index is 12.0. The number of hydrogen-bond acceptors (Lipinski definition) is 19. The van der Waals surface area contributed by atoms with Crippen molar-refractivity contribution in [1.29, 1.82) is 0 Å². The standard InChI is InChI=1S/C18H12N8O17/c1-39-13-7(21(27)28)5(8(22(29)30)14(40-2)11(13)25(35)36)17-19-20-18(43-17)6-9(23(31)32)15(41-3)12(26(37)38)16(42-4)10(6)24(33)34/h1-4H3. The third-order valence-corrected chi connectivity index (χ3v) is 5.43. The predicted molar refractivity (Wildman–Crippen MR) is 131 cm³/mol. The highest BCUT2D eigenvalue weighted by molar-refractivity contribution is 5.93. The van der Waals surface area contributed by atoms with E-state index in [0.29, 0.717) is 0 Å². The lowest BCUT2D eigenvalue weighted by Crippen LogP contribution is -2.07. The molecule has 0 aliphatic carbocycles. The maximum absolute atomic E-state index is 12.0. The molecule has 226 valence electrons. The first-order chi connectivity index (χ1) is 20.2. The largest absolute Gasteiger partial charge is 0.485 e. The van der Waals surface area contributed by atoms with E-state index in [0.717, 1.165) is 28.4 Å². The molecule has 0 fully saturated rings. The van der Waals surface area contributed by atoms with Crippen LogP contribution in [0.3, 0.4) is 0 Å². The molecular weight excluding hydrogens is 600 g/mol. The minimum absolute atomic E-state index is 0.742. The topological polar surface area (TPSA) is 335 Å². The van der Waals surface area contributed by atoms with Crippen LogP contribution in [-0.2, 0) is 0 Å². The zero-order valence-corrected chi connectivity index (χ0v) is 21.5. The Kier molecular flexibility index (Phi) is 8.11. The molecule has 0 saturated heterocycles. The summed E-state index contributed by atoms with van der Waals surface area (Å²) in [6.45, 7) is 0. The fraction of sp³-hybridized carbons (Fsp3) is 0.222. The van der Waals surface area contributed by atoms with E-state index >= 15 is 0 Å². The monoisotopic (exact) mass is 612 g/mol. The van der Waals surface area contributed by atoms with Crippen molar-refractivity contribution < 1.29 is 52.9 Å². The third-order valence-electron chi connectivity index (χ3n) is 5.43. The Balaban J connectivity index is 2.63. The molecule has 0 spiro atoms. The van der Waals surface area contributed by atoms with Crippen LogP contribution in [0.1, 0.15) is 0 Å². The first kappa shape index (κ1) is 30.7. The number of hydrogen-bond donors (Lipinski definition) is 0. The summed E-state index contributed by atoms with van der Waals surface area (Å²) in [6.07, 6.45) is 0. The zero-order valence-electron chi connectivity index (χ0n) is 21.5. The van der Waals surface area contributed by atoms with Crippen molar-refractivity contribution >= 4 is 34.1 Å². The van der Waals surface area contributed by atoms with Crippen molar-refractivity contribution in [3.63, 3.8) is 0 Å². The summed E-state index contributed by atoms with van der Waals surface area (Å²) in [7, 11) is 2.97. The van der Waals surface area contributed by atoms with E-state index in [9.17, 15) is 60.7 Å². The van der Waals surface area contributed by atoms with Crippen LogP contribution >= 0.6 is 0 Å². The van der Waals surface area contributed by atoms with Crippen molar-refractivity contribution in [2.75, 3.05) is 28.4 Å². The van der Waals surface area contributed by atoms with Gasteiger partial charge in [-0.05, 0) is 0 Å². The lowest BCUT2D eigenvalue weighted by molar-refractivity contribution is -0.404. The smallest absolute Gasteiger partial charge is 0.367 e. The molecule has 0 radical (unpaired) electrons. The molecule has 43 heavy (non-hydrogen) atoms. The molecule has 1 heterocycles. The first-order valence-corrected chi connectivity index (χ1v) is 10.5. The molecule has 2 aromatic carbocycles. The average molecular weight is 612 g/mol. The lowest BCUT2D eigenvalue weighted by Gasteiger charge is -2.11. The Morgan fingerprint density at radius 2 is 0.651 bits per heavy atom. The van der Waals surface area contributed by atoms with Crippen LogP contribution in [0.25, 0.3) is 22.9 Å². The van der Waals surface area contributed by atoms with Gasteiger partial charge in [0.05, 0.1) is 58.0 Å². The molecule has 25 heteroatoms. The van der Waals surface area contributed by atoms with Gasteiger partial charge in [0.15, 0.2) is 0 Å². The van der Waals surface area contributed by atoms with Gasteiger partial charge >= 0.3 is 34.1 Å². The highest BCUT2D eigenvalue weighted by Gasteiger charge is 2.49. The molecule has 1 aromatic heterocycles. The van der Waals surface area contributed by atoms with Crippen LogP contribution in [0, 0.1) is 60.7 Å². The minimum Gasteiger partial charge on any atom is -0.485 e. The summed E-state index contributed by atoms with van der Waals surface area (Å²) >= 11 is 0. The Labute approximate surface area is 233 Å². The fourth-order valence-corrected chi connectivity index (χ4v) is 3.97. The molecule has 0 atom stereocenters. The number of aromatic nitrogens is 2.